The van der Waals surface area contributed by atoms with Gasteiger partial charge in [0, 0.05) is 6.07 Å². The minimum Gasteiger partial charge on any atom is -0.497 e. The van der Waals surface area contributed by atoms with E-state index < -0.39 is 0 Å². The fourth-order valence-electron chi connectivity index (χ4n) is 2.29. The minimum absolute atomic E-state index is 0.00880. The van der Waals surface area contributed by atoms with Crippen LogP contribution in [0.2, 0.25) is 0 Å². The molecule has 2 aromatic carbocycles. The van der Waals surface area contributed by atoms with E-state index in [1.165, 1.54) is 5.56 Å². The first-order valence-electron chi connectivity index (χ1n) is 6.77. The van der Waals surface area contributed by atoms with Crippen LogP contribution in [-0.2, 0) is 0 Å². The summed E-state index contributed by atoms with van der Waals surface area (Å²) in [6.07, 6.45) is 0.00880. The van der Waals surface area contributed by atoms with Crippen molar-refractivity contribution < 1.29 is 9.47 Å². The second kappa shape index (κ2) is 6.96. The largest absolute Gasteiger partial charge is 0.497 e. The lowest BCUT2D eigenvalue weighted by Crippen LogP contribution is -2.31. The van der Waals surface area contributed by atoms with E-state index in [2.05, 4.69) is 24.4 Å². The van der Waals surface area contributed by atoms with Crippen molar-refractivity contribution in [2.75, 3.05) is 14.2 Å². The van der Waals surface area contributed by atoms with Gasteiger partial charge in [-0.1, -0.05) is 36.4 Å². The van der Waals surface area contributed by atoms with Gasteiger partial charge in [-0.2, -0.15) is 0 Å². The summed E-state index contributed by atoms with van der Waals surface area (Å²) in [5.41, 5.74) is 1.21. The first kappa shape index (κ1) is 14.4. The Morgan fingerprint density at radius 2 is 1.65 bits per heavy atom. The van der Waals surface area contributed by atoms with Crippen molar-refractivity contribution in [2.45, 2.75) is 19.1 Å². The number of hydrogen-bond donors (Lipinski definition) is 1. The molecule has 0 saturated carbocycles. The number of methoxy groups -OCH3 is 1. The van der Waals surface area contributed by atoms with Gasteiger partial charge in [0.2, 0.25) is 0 Å². The summed E-state index contributed by atoms with van der Waals surface area (Å²) < 4.78 is 11.2. The zero-order valence-electron chi connectivity index (χ0n) is 12.2. The van der Waals surface area contributed by atoms with Gasteiger partial charge in [0.25, 0.3) is 0 Å². The summed E-state index contributed by atoms with van der Waals surface area (Å²) in [5, 5.41) is 3.31. The van der Waals surface area contributed by atoms with Gasteiger partial charge in [0.15, 0.2) is 0 Å². The molecule has 106 valence electrons. The van der Waals surface area contributed by atoms with Crippen LogP contribution in [0.5, 0.6) is 11.5 Å². The maximum absolute atomic E-state index is 6.02. The van der Waals surface area contributed by atoms with Crippen molar-refractivity contribution in [3.8, 4) is 11.5 Å². The molecule has 3 heteroatoms. The average molecular weight is 271 g/mol. The Bertz CT molecular complexity index is 528. The molecule has 0 bridgehead atoms. The van der Waals surface area contributed by atoms with Crippen molar-refractivity contribution in [3.05, 3.63) is 60.2 Å². The van der Waals surface area contributed by atoms with Crippen LogP contribution in [0.3, 0.4) is 0 Å². The second-order valence-electron chi connectivity index (χ2n) is 4.68. The average Bonchev–Trinajstić information content (AvgIpc) is 2.49. The van der Waals surface area contributed by atoms with Crippen LogP contribution in [0.4, 0.5) is 0 Å². The van der Waals surface area contributed by atoms with E-state index in [0.29, 0.717) is 0 Å². The molecule has 0 fully saturated rings. The predicted molar refractivity (Wildman–Crippen MR) is 81.3 cm³/mol. The Morgan fingerprint density at radius 1 is 0.950 bits per heavy atom. The lowest BCUT2D eigenvalue weighted by atomic mass is 10.0. The van der Waals surface area contributed by atoms with Crippen LogP contribution in [0.15, 0.2) is 54.6 Å². The number of nitrogens with one attached hydrogen (secondary N) is 1. The monoisotopic (exact) mass is 271 g/mol. The molecule has 0 aliphatic rings. The lowest BCUT2D eigenvalue weighted by molar-refractivity contribution is 0.175. The van der Waals surface area contributed by atoms with Gasteiger partial charge >= 0.3 is 0 Å². The molecule has 20 heavy (non-hydrogen) atoms. The topological polar surface area (TPSA) is 30.5 Å². The molecule has 0 amide bonds. The predicted octanol–water partition coefficient (Wildman–Crippen LogP) is 3.42. The summed E-state index contributed by atoms with van der Waals surface area (Å²) in [5.74, 6) is 1.61. The van der Waals surface area contributed by atoms with Crippen LogP contribution in [0, 0.1) is 0 Å². The smallest absolute Gasteiger partial charge is 0.123 e. The van der Waals surface area contributed by atoms with Crippen LogP contribution < -0.4 is 14.8 Å². The van der Waals surface area contributed by atoms with Crippen molar-refractivity contribution in [2.24, 2.45) is 0 Å². The summed E-state index contributed by atoms with van der Waals surface area (Å²) in [4.78, 5) is 0. The van der Waals surface area contributed by atoms with Crippen molar-refractivity contribution in [3.63, 3.8) is 0 Å². The first-order valence-corrected chi connectivity index (χ1v) is 6.77. The fraction of sp³-hybridized carbons (Fsp3) is 0.294. The molecule has 0 aromatic heterocycles. The van der Waals surface area contributed by atoms with Gasteiger partial charge in [-0.25, -0.2) is 0 Å². The molecule has 2 rings (SSSR count). The SMILES string of the molecule is CNC(c1ccccc1)C(C)Oc1cccc(OC)c1. The van der Waals surface area contributed by atoms with Gasteiger partial charge in [-0.05, 0) is 31.7 Å². The maximum atomic E-state index is 6.02. The number of rotatable bonds is 6. The highest BCUT2D eigenvalue weighted by Crippen LogP contribution is 2.24. The Balaban J connectivity index is 2.11. The fourth-order valence-corrected chi connectivity index (χ4v) is 2.29. The third-order valence-electron chi connectivity index (χ3n) is 3.30. The van der Waals surface area contributed by atoms with Crippen LogP contribution in [0.1, 0.15) is 18.5 Å². The molecule has 0 saturated heterocycles. The molecule has 0 aliphatic heterocycles. The van der Waals surface area contributed by atoms with Crippen LogP contribution >= 0.6 is 0 Å². The van der Waals surface area contributed by atoms with E-state index >= 15 is 0 Å². The van der Waals surface area contributed by atoms with Crippen LogP contribution in [0.25, 0.3) is 0 Å². The van der Waals surface area contributed by atoms with E-state index in [4.69, 9.17) is 9.47 Å². The summed E-state index contributed by atoms with van der Waals surface area (Å²) in [7, 11) is 3.60. The molecule has 3 nitrogen and oxygen atoms in total. The first-order chi connectivity index (χ1) is 9.74. The molecule has 0 aliphatic carbocycles. The second-order valence-corrected chi connectivity index (χ2v) is 4.68. The molecular weight excluding hydrogens is 250 g/mol. The number of likely N-dealkylation sites (N-methyl/N-ethyl adjacent to an activating group) is 1. The van der Waals surface area contributed by atoms with Gasteiger partial charge in [0.1, 0.15) is 17.6 Å². The Hall–Kier alpha value is -2.00. The molecular formula is C17H21NO2. The van der Waals surface area contributed by atoms with E-state index in [1.807, 2.05) is 49.5 Å². The highest BCUT2D eigenvalue weighted by Gasteiger charge is 2.18. The summed E-state index contributed by atoms with van der Waals surface area (Å²) in [6.45, 7) is 2.06. The van der Waals surface area contributed by atoms with Crippen molar-refractivity contribution in [1.29, 1.82) is 0 Å². The van der Waals surface area contributed by atoms with Crippen molar-refractivity contribution >= 4 is 0 Å². The normalized spacial score (nSPS) is 13.6. The van der Waals surface area contributed by atoms with E-state index in [0.717, 1.165) is 11.5 Å². The van der Waals surface area contributed by atoms with Gasteiger partial charge in [-0.3, -0.25) is 0 Å². The minimum atomic E-state index is 0.00880. The zero-order valence-corrected chi connectivity index (χ0v) is 12.2. The number of ether oxygens (including phenoxy) is 2. The van der Waals surface area contributed by atoms with Gasteiger partial charge < -0.3 is 14.8 Å². The third-order valence-corrected chi connectivity index (χ3v) is 3.30. The third kappa shape index (κ3) is 3.52. The standard InChI is InChI=1S/C17H21NO2/c1-13(17(18-2)14-8-5-4-6-9-14)20-16-11-7-10-15(12-16)19-3/h4-13,17-18H,1-3H3. The molecule has 1 N–H and O–H groups in total. The van der Waals surface area contributed by atoms with E-state index in [1.54, 1.807) is 7.11 Å². The highest BCUT2D eigenvalue weighted by molar-refractivity contribution is 5.33. The molecule has 2 atom stereocenters. The molecule has 0 spiro atoms. The zero-order chi connectivity index (χ0) is 14.4. The quantitative estimate of drug-likeness (QED) is 0.873. The maximum Gasteiger partial charge on any atom is 0.123 e. The van der Waals surface area contributed by atoms with E-state index in [9.17, 15) is 0 Å². The molecule has 2 aromatic rings. The summed E-state index contributed by atoms with van der Waals surface area (Å²) >= 11 is 0. The highest BCUT2D eigenvalue weighted by atomic mass is 16.5. The van der Waals surface area contributed by atoms with E-state index in [-0.39, 0.29) is 12.1 Å². The van der Waals surface area contributed by atoms with Gasteiger partial charge in [-0.15, -0.1) is 0 Å². The van der Waals surface area contributed by atoms with Crippen molar-refractivity contribution in [1.82, 2.24) is 5.32 Å². The Morgan fingerprint density at radius 3 is 2.30 bits per heavy atom. The molecule has 0 heterocycles. The molecule has 0 radical (unpaired) electrons. The van der Waals surface area contributed by atoms with Crippen LogP contribution in [-0.4, -0.2) is 20.3 Å². The number of benzene rings is 2. The van der Waals surface area contributed by atoms with Gasteiger partial charge in [0.05, 0.1) is 13.2 Å². The Labute approximate surface area is 120 Å². The lowest BCUT2D eigenvalue weighted by Gasteiger charge is -2.25. The molecule has 2 unspecified atom stereocenters. The summed E-state index contributed by atoms with van der Waals surface area (Å²) in [6, 6.07) is 18.1. The Kier molecular flexibility index (Phi) is 5.02. The number of hydrogen-bond acceptors (Lipinski definition) is 3.